The van der Waals surface area contributed by atoms with Gasteiger partial charge in [-0.05, 0) is 24.5 Å². The Morgan fingerprint density at radius 1 is 1.32 bits per heavy atom. The fourth-order valence-electron chi connectivity index (χ4n) is 1.87. The lowest BCUT2D eigenvalue weighted by Gasteiger charge is -2.12. The molecule has 0 aliphatic carbocycles. The van der Waals surface area contributed by atoms with E-state index in [0.29, 0.717) is 22.5 Å². The second-order valence-corrected chi connectivity index (χ2v) is 5.24. The van der Waals surface area contributed by atoms with Gasteiger partial charge in [0.1, 0.15) is 17.3 Å². The van der Waals surface area contributed by atoms with E-state index in [0.717, 1.165) is 16.9 Å². The molecule has 0 saturated heterocycles. The third-order valence-electron chi connectivity index (χ3n) is 3.04. The molecule has 102 valence electrons. The highest BCUT2D eigenvalue weighted by Crippen LogP contribution is 2.31. The first-order chi connectivity index (χ1) is 8.93. The zero-order chi connectivity index (χ0) is 14.2. The lowest BCUT2D eigenvalue weighted by Crippen LogP contribution is -2.05. The van der Waals surface area contributed by atoms with Gasteiger partial charge in [-0.25, -0.2) is 4.68 Å². The molecule has 0 unspecified atom stereocenters. The molecule has 19 heavy (non-hydrogen) atoms. The van der Waals surface area contributed by atoms with E-state index in [-0.39, 0.29) is 0 Å². The number of hydrogen-bond donors (Lipinski definition) is 1. The van der Waals surface area contributed by atoms with Crippen molar-refractivity contribution >= 4 is 17.4 Å². The van der Waals surface area contributed by atoms with Gasteiger partial charge in [-0.2, -0.15) is 5.10 Å². The number of hydrogen-bond acceptors (Lipinski definition) is 3. The minimum atomic E-state index is 0.322. The fraction of sp³-hybridized carbons (Fsp3) is 0.357. The summed E-state index contributed by atoms with van der Waals surface area (Å²) in [5, 5.41) is 5.19. The van der Waals surface area contributed by atoms with Crippen LogP contribution in [0.25, 0.3) is 5.69 Å². The number of nitrogens with two attached hydrogens (primary N) is 1. The quantitative estimate of drug-likeness (QED) is 0.935. The van der Waals surface area contributed by atoms with Crippen LogP contribution < -0.4 is 10.5 Å². The summed E-state index contributed by atoms with van der Waals surface area (Å²) in [4.78, 5) is 0. The summed E-state index contributed by atoms with van der Waals surface area (Å²) in [5.41, 5.74) is 8.74. The summed E-state index contributed by atoms with van der Waals surface area (Å²) in [7, 11) is 1.60. The Kier molecular flexibility index (Phi) is 3.71. The predicted molar refractivity (Wildman–Crippen MR) is 78.4 cm³/mol. The average Bonchev–Trinajstić information content (AvgIpc) is 2.74. The van der Waals surface area contributed by atoms with Crippen molar-refractivity contribution in [2.75, 3.05) is 12.8 Å². The van der Waals surface area contributed by atoms with Crippen molar-refractivity contribution in [3.63, 3.8) is 0 Å². The van der Waals surface area contributed by atoms with Crippen molar-refractivity contribution in [1.29, 1.82) is 0 Å². The van der Waals surface area contributed by atoms with Gasteiger partial charge in [0, 0.05) is 17.2 Å². The summed E-state index contributed by atoms with van der Waals surface area (Å²) in [5.74, 6) is 1.56. The van der Waals surface area contributed by atoms with Crippen LogP contribution in [-0.4, -0.2) is 16.9 Å². The molecule has 5 heteroatoms. The smallest absolute Gasteiger partial charge is 0.146 e. The number of halogens is 1. The molecule has 0 spiro atoms. The number of benzene rings is 1. The number of rotatable bonds is 3. The van der Waals surface area contributed by atoms with Gasteiger partial charge in [-0.3, -0.25) is 0 Å². The van der Waals surface area contributed by atoms with Gasteiger partial charge in [-0.1, -0.05) is 25.4 Å². The second-order valence-electron chi connectivity index (χ2n) is 4.83. The number of ether oxygens (including phenoxy) is 1. The minimum Gasteiger partial charge on any atom is -0.494 e. The zero-order valence-corrected chi connectivity index (χ0v) is 12.3. The third-order valence-corrected chi connectivity index (χ3v) is 3.44. The van der Waals surface area contributed by atoms with Gasteiger partial charge >= 0.3 is 0 Å². The SMILES string of the molecule is COc1cc(Cl)c(C)cc1-n1nc(C(C)C)cc1N. The van der Waals surface area contributed by atoms with Crippen LogP contribution in [0.2, 0.25) is 5.02 Å². The summed E-state index contributed by atoms with van der Waals surface area (Å²) < 4.78 is 7.05. The molecule has 0 amide bonds. The van der Waals surface area contributed by atoms with Crippen molar-refractivity contribution in [1.82, 2.24) is 9.78 Å². The van der Waals surface area contributed by atoms with Crippen LogP contribution in [-0.2, 0) is 0 Å². The van der Waals surface area contributed by atoms with E-state index in [2.05, 4.69) is 18.9 Å². The van der Waals surface area contributed by atoms with E-state index in [9.17, 15) is 0 Å². The molecule has 4 nitrogen and oxygen atoms in total. The largest absolute Gasteiger partial charge is 0.494 e. The maximum atomic E-state index is 6.11. The van der Waals surface area contributed by atoms with Crippen molar-refractivity contribution in [2.45, 2.75) is 26.7 Å². The first kappa shape index (κ1) is 13.7. The van der Waals surface area contributed by atoms with Crippen molar-refractivity contribution in [2.24, 2.45) is 0 Å². The highest BCUT2D eigenvalue weighted by atomic mass is 35.5. The molecule has 0 bridgehead atoms. The Morgan fingerprint density at radius 2 is 2.00 bits per heavy atom. The van der Waals surface area contributed by atoms with Crippen molar-refractivity contribution in [3.8, 4) is 11.4 Å². The molecule has 0 atom stereocenters. The summed E-state index contributed by atoms with van der Waals surface area (Å²) in [6, 6.07) is 5.59. The van der Waals surface area contributed by atoms with Crippen LogP contribution in [0.4, 0.5) is 5.82 Å². The number of aromatic nitrogens is 2. The van der Waals surface area contributed by atoms with E-state index in [1.54, 1.807) is 17.9 Å². The number of aryl methyl sites for hydroxylation is 1. The van der Waals surface area contributed by atoms with Crippen LogP contribution in [0.3, 0.4) is 0 Å². The van der Waals surface area contributed by atoms with E-state index < -0.39 is 0 Å². The molecule has 2 aromatic rings. The van der Waals surface area contributed by atoms with E-state index >= 15 is 0 Å². The van der Waals surface area contributed by atoms with Gasteiger partial charge < -0.3 is 10.5 Å². The lowest BCUT2D eigenvalue weighted by molar-refractivity contribution is 0.411. The van der Waals surface area contributed by atoms with Crippen molar-refractivity contribution in [3.05, 3.63) is 34.5 Å². The zero-order valence-electron chi connectivity index (χ0n) is 11.6. The number of anilines is 1. The van der Waals surface area contributed by atoms with Gasteiger partial charge in [0.15, 0.2) is 0 Å². The van der Waals surface area contributed by atoms with Crippen LogP contribution in [0.1, 0.15) is 31.0 Å². The summed E-state index contributed by atoms with van der Waals surface area (Å²) >= 11 is 6.11. The maximum Gasteiger partial charge on any atom is 0.146 e. The third kappa shape index (κ3) is 2.54. The summed E-state index contributed by atoms with van der Waals surface area (Å²) in [6.45, 7) is 6.10. The van der Waals surface area contributed by atoms with Crippen molar-refractivity contribution < 1.29 is 4.74 Å². The molecule has 1 aromatic heterocycles. The second kappa shape index (κ2) is 5.13. The van der Waals surface area contributed by atoms with Crippen LogP contribution in [0, 0.1) is 6.92 Å². The molecule has 0 fully saturated rings. The molecule has 1 aromatic carbocycles. The van der Waals surface area contributed by atoms with E-state index in [1.807, 2.05) is 19.1 Å². The van der Waals surface area contributed by atoms with Gasteiger partial charge in [-0.15, -0.1) is 0 Å². The van der Waals surface area contributed by atoms with Gasteiger partial charge in [0.05, 0.1) is 12.8 Å². The number of methoxy groups -OCH3 is 1. The Labute approximate surface area is 118 Å². The summed E-state index contributed by atoms with van der Waals surface area (Å²) in [6.07, 6.45) is 0. The van der Waals surface area contributed by atoms with E-state index in [1.165, 1.54) is 0 Å². The maximum absolute atomic E-state index is 6.11. The Hall–Kier alpha value is -1.68. The standard InChI is InChI=1S/C14H18ClN3O/c1-8(2)11-7-14(16)18(17-11)12-5-9(3)10(15)6-13(12)19-4/h5-8H,16H2,1-4H3. The molecule has 0 aliphatic heterocycles. The first-order valence-corrected chi connectivity index (χ1v) is 6.51. The molecule has 0 radical (unpaired) electrons. The average molecular weight is 280 g/mol. The number of nitrogen functional groups attached to an aromatic ring is 1. The highest BCUT2D eigenvalue weighted by Gasteiger charge is 2.14. The topological polar surface area (TPSA) is 53.1 Å². The molecule has 0 aliphatic rings. The molecule has 2 rings (SSSR count). The molecule has 1 heterocycles. The normalized spacial score (nSPS) is 11.1. The first-order valence-electron chi connectivity index (χ1n) is 6.14. The van der Waals surface area contributed by atoms with Crippen LogP contribution >= 0.6 is 11.6 Å². The molecular weight excluding hydrogens is 262 g/mol. The Morgan fingerprint density at radius 3 is 2.53 bits per heavy atom. The Balaban J connectivity index is 2.61. The Bertz CT molecular complexity index is 605. The lowest BCUT2D eigenvalue weighted by atomic mass is 10.1. The van der Waals surface area contributed by atoms with Crippen LogP contribution in [0.5, 0.6) is 5.75 Å². The highest BCUT2D eigenvalue weighted by molar-refractivity contribution is 6.31. The van der Waals surface area contributed by atoms with E-state index in [4.69, 9.17) is 22.1 Å². The fourth-order valence-corrected chi connectivity index (χ4v) is 2.02. The number of nitrogens with zero attached hydrogens (tertiary/aromatic N) is 2. The minimum absolute atomic E-state index is 0.322. The molecular formula is C14H18ClN3O. The molecule has 0 saturated carbocycles. The monoisotopic (exact) mass is 279 g/mol. The predicted octanol–water partition coefficient (Wildman–Crippen LogP) is 3.55. The van der Waals surface area contributed by atoms with Crippen LogP contribution in [0.15, 0.2) is 18.2 Å². The van der Waals surface area contributed by atoms with Gasteiger partial charge in [0.2, 0.25) is 0 Å². The molecule has 2 N–H and O–H groups in total. The van der Waals surface area contributed by atoms with Gasteiger partial charge in [0.25, 0.3) is 0 Å².